The first kappa shape index (κ1) is 17.6. The number of Topliss-reactive ketones (excluding diaryl/α,β-unsaturated/α-hetero) is 1. The van der Waals surface area contributed by atoms with Gasteiger partial charge in [-0.1, -0.05) is 6.07 Å². The number of nitrogens with one attached hydrogen (secondary N) is 2. The molecule has 24 heavy (non-hydrogen) atoms. The number of ketones is 1. The molecule has 2 rings (SSSR count). The third-order valence-corrected chi connectivity index (χ3v) is 3.37. The summed E-state index contributed by atoms with van der Waals surface area (Å²) in [5.74, 6) is -4.33. The van der Waals surface area contributed by atoms with Crippen LogP contribution in [-0.2, 0) is 9.53 Å². The molecule has 1 aromatic rings. The number of rotatable bonds is 7. The number of esters is 1. The van der Waals surface area contributed by atoms with E-state index in [0.717, 1.165) is 25.0 Å². The molecular weight excluding hydrogens is 320 g/mol. The molecule has 1 aliphatic carbocycles. The fourth-order valence-electron chi connectivity index (χ4n) is 1.98. The lowest BCUT2D eigenvalue weighted by atomic mass is 10.1. The summed E-state index contributed by atoms with van der Waals surface area (Å²) in [6.45, 7) is 0.568. The Morgan fingerprint density at radius 3 is 2.62 bits per heavy atom. The van der Waals surface area contributed by atoms with Crippen LogP contribution >= 0.6 is 0 Å². The maximum absolute atomic E-state index is 13.5. The number of nitrogens with two attached hydrogens (primary N) is 1. The summed E-state index contributed by atoms with van der Waals surface area (Å²) in [5.41, 5.74) is 4.93. The Morgan fingerprint density at radius 1 is 1.38 bits per heavy atom. The molecule has 1 fully saturated rings. The van der Waals surface area contributed by atoms with Crippen molar-refractivity contribution in [2.75, 3.05) is 6.61 Å². The number of hydrogen-bond donors (Lipinski definition) is 3. The summed E-state index contributed by atoms with van der Waals surface area (Å²) in [4.78, 5) is 23.9. The molecule has 0 saturated heterocycles. The maximum atomic E-state index is 13.5. The third-order valence-electron chi connectivity index (χ3n) is 3.37. The molecule has 8 heteroatoms. The largest absolute Gasteiger partial charge is 0.454 e. The number of benzene rings is 1. The first-order valence-electron chi connectivity index (χ1n) is 7.27. The highest BCUT2D eigenvalue weighted by Crippen LogP contribution is 2.20. The van der Waals surface area contributed by atoms with Gasteiger partial charge in [-0.3, -0.25) is 4.79 Å². The Labute approximate surface area is 137 Å². The van der Waals surface area contributed by atoms with Crippen LogP contribution in [0.1, 0.15) is 30.1 Å². The molecule has 1 aliphatic rings. The lowest BCUT2D eigenvalue weighted by Crippen LogP contribution is -2.30. The van der Waals surface area contributed by atoms with E-state index < -0.39 is 35.6 Å². The van der Waals surface area contributed by atoms with Crippen molar-refractivity contribution < 1.29 is 23.1 Å². The van der Waals surface area contributed by atoms with Crippen molar-refractivity contribution >= 4 is 17.5 Å². The third kappa shape index (κ3) is 4.15. The van der Waals surface area contributed by atoms with Gasteiger partial charge in [-0.25, -0.2) is 13.6 Å². The summed E-state index contributed by atoms with van der Waals surface area (Å²) in [5, 5.41) is 10.5. The van der Waals surface area contributed by atoms with Crippen LogP contribution in [0.25, 0.3) is 0 Å². The number of ether oxygens (including phenoxy) is 1. The van der Waals surface area contributed by atoms with Crippen molar-refractivity contribution in [3.8, 4) is 0 Å². The van der Waals surface area contributed by atoms with Gasteiger partial charge in [-0.15, -0.1) is 0 Å². The minimum Gasteiger partial charge on any atom is -0.454 e. The normalized spacial score (nSPS) is 14.6. The molecule has 4 N–H and O–H groups in total. The van der Waals surface area contributed by atoms with Gasteiger partial charge in [0.1, 0.15) is 11.4 Å². The zero-order valence-corrected chi connectivity index (χ0v) is 13.0. The van der Waals surface area contributed by atoms with Gasteiger partial charge in [0.2, 0.25) is 5.78 Å². The topological polar surface area (TPSA) is 105 Å². The Balaban J connectivity index is 2.06. The average Bonchev–Trinajstić information content (AvgIpc) is 3.31. The minimum absolute atomic E-state index is 0.000569. The van der Waals surface area contributed by atoms with E-state index in [0.29, 0.717) is 0 Å². The standard InChI is InChI=1S/C16H17F2N3O3/c1-8(19)13(15(20)21-9-5-6-9)16(23)24-7-12(22)10-3-2-4-11(17)14(10)18/h2-4,9,19,21H,5-7,20H2,1H3/b15-13+,19-8?. The predicted octanol–water partition coefficient (Wildman–Crippen LogP) is 1.65. The molecule has 0 unspecified atom stereocenters. The SMILES string of the molecule is CC(=N)/C(C(=O)OCC(=O)c1cccc(F)c1F)=C(/N)NC1CC1. The van der Waals surface area contributed by atoms with Crippen molar-refractivity contribution in [2.45, 2.75) is 25.8 Å². The first-order valence-corrected chi connectivity index (χ1v) is 7.27. The summed E-state index contributed by atoms with van der Waals surface area (Å²) in [7, 11) is 0. The van der Waals surface area contributed by atoms with Gasteiger partial charge in [-0.2, -0.15) is 0 Å². The van der Waals surface area contributed by atoms with Crippen LogP contribution in [0.2, 0.25) is 0 Å². The highest BCUT2D eigenvalue weighted by molar-refractivity contribution is 6.18. The molecule has 0 aromatic heterocycles. The van der Waals surface area contributed by atoms with Gasteiger partial charge in [0, 0.05) is 11.8 Å². The molecule has 0 atom stereocenters. The lowest BCUT2D eigenvalue weighted by molar-refractivity contribution is -0.137. The Hall–Kier alpha value is -2.77. The molecule has 128 valence electrons. The fourth-order valence-corrected chi connectivity index (χ4v) is 1.98. The van der Waals surface area contributed by atoms with E-state index in [2.05, 4.69) is 5.32 Å². The molecule has 0 bridgehead atoms. The van der Waals surface area contributed by atoms with Crippen LogP contribution in [0.5, 0.6) is 0 Å². The van der Waals surface area contributed by atoms with E-state index >= 15 is 0 Å². The van der Waals surface area contributed by atoms with Crippen molar-refractivity contribution in [2.24, 2.45) is 5.73 Å². The van der Waals surface area contributed by atoms with E-state index in [4.69, 9.17) is 15.9 Å². The highest BCUT2D eigenvalue weighted by atomic mass is 19.2. The van der Waals surface area contributed by atoms with Crippen molar-refractivity contribution in [3.63, 3.8) is 0 Å². The predicted molar refractivity (Wildman–Crippen MR) is 82.4 cm³/mol. The second-order valence-corrected chi connectivity index (χ2v) is 5.43. The number of carbonyl (C=O) groups excluding carboxylic acids is 2. The molecule has 6 nitrogen and oxygen atoms in total. The summed E-state index contributed by atoms with van der Waals surface area (Å²) in [6.07, 6.45) is 1.83. The van der Waals surface area contributed by atoms with Crippen LogP contribution < -0.4 is 11.1 Å². The molecule has 0 amide bonds. The van der Waals surface area contributed by atoms with E-state index in [1.165, 1.54) is 13.0 Å². The molecule has 1 aromatic carbocycles. The molecule has 0 radical (unpaired) electrons. The smallest absolute Gasteiger partial charge is 0.344 e. The Bertz CT molecular complexity index is 727. The van der Waals surface area contributed by atoms with Gasteiger partial charge in [0.15, 0.2) is 18.2 Å². The first-order chi connectivity index (χ1) is 11.3. The van der Waals surface area contributed by atoms with E-state index in [9.17, 15) is 18.4 Å². The van der Waals surface area contributed by atoms with Gasteiger partial charge < -0.3 is 21.2 Å². The van der Waals surface area contributed by atoms with E-state index in [-0.39, 0.29) is 23.1 Å². The number of hydrogen-bond acceptors (Lipinski definition) is 6. The maximum Gasteiger partial charge on any atom is 0.344 e. The second-order valence-electron chi connectivity index (χ2n) is 5.43. The quantitative estimate of drug-likeness (QED) is 0.304. The molecule has 0 spiro atoms. The highest BCUT2D eigenvalue weighted by Gasteiger charge is 2.26. The summed E-state index contributed by atoms with van der Waals surface area (Å²) in [6, 6.07) is 3.31. The fraction of sp³-hybridized carbons (Fsp3) is 0.312. The molecule has 0 aliphatic heterocycles. The van der Waals surface area contributed by atoms with Gasteiger partial charge in [0.05, 0.1) is 5.56 Å². The summed E-state index contributed by atoms with van der Waals surface area (Å²) >= 11 is 0. The van der Waals surface area contributed by atoms with Crippen LogP contribution in [-0.4, -0.2) is 30.1 Å². The van der Waals surface area contributed by atoms with Crippen molar-refractivity contribution in [1.82, 2.24) is 5.32 Å². The van der Waals surface area contributed by atoms with Crippen molar-refractivity contribution in [1.29, 1.82) is 5.41 Å². The van der Waals surface area contributed by atoms with Gasteiger partial charge >= 0.3 is 5.97 Å². The number of halogens is 2. The minimum atomic E-state index is -1.30. The molecule has 1 saturated carbocycles. The number of carbonyl (C=O) groups is 2. The zero-order chi connectivity index (χ0) is 17.9. The molecular formula is C16H17F2N3O3. The van der Waals surface area contributed by atoms with Crippen LogP contribution in [0.3, 0.4) is 0 Å². The van der Waals surface area contributed by atoms with E-state index in [1.54, 1.807) is 0 Å². The summed E-state index contributed by atoms with van der Waals surface area (Å²) < 4.78 is 31.4. The van der Waals surface area contributed by atoms with Crippen LogP contribution in [0.15, 0.2) is 29.6 Å². The zero-order valence-electron chi connectivity index (χ0n) is 13.0. The van der Waals surface area contributed by atoms with E-state index in [1.807, 2.05) is 0 Å². The van der Waals surface area contributed by atoms with Crippen LogP contribution in [0.4, 0.5) is 8.78 Å². The van der Waals surface area contributed by atoms with Crippen molar-refractivity contribution in [3.05, 3.63) is 46.8 Å². The lowest BCUT2D eigenvalue weighted by Gasteiger charge is -2.12. The monoisotopic (exact) mass is 337 g/mol. The molecule has 0 heterocycles. The second kappa shape index (κ2) is 7.20. The van der Waals surface area contributed by atoms with Crippen LogP contribution in [0, 0.1) is 17.0 Å². The Morgan fingerprint density at radius 2 is 2.04 bits per heavy atom. The average molecular weight is 337 g/mol. The van der Waals surface area contributed by atoms with Gasteiger partial charge in [-0.05, 0) is 31.9 Å². The van der Waals surface area contributed by atoms with Gasteiger partial charge in [0.25, 0.3) is 0 Å². The Kier molecular flexibility index (Phi) is 5.28.